The monoisotopic (exact) mass is 448 g/mol. The highest BCUT2D eigenvalue weighted by atomic mass is 127. The highest BCUT2D eigenvalue weighted by Crippen LogP contribution is 2.19. The van der Waals surface area contributed by atoms with E-state index >= 15 is 0 Å². The maximum absolute atomic E-state index is 6.04. The zero-order valence-corrected chi connectivity index (χ0v) is 17.8. The Morgan fingerprint density at radius 3 is 2.25 bits per heavy atom. The molecule has 0 fully saturated rings. The minimum atomic E-state index is 0. The first-order valence-electron chi connectivity index (χ1n) is 8.64. The zero-order valence-electron chi connectivity index (χ0n) is 15.5. The molecule has 6 heteroatoms. The number of likely N-dealkylation sites (N-methyl/N-ethyl adjacent to an activating group) is 1. The molecule has 1 aromatic rings. The minimum absolute atomic E-state index is 0. The molecule has 0 unspecified atom stereocenters. The molecular weight excluding hydrogens is 415 g/mol. The standard InChI is InChI=1S/C18H32N4O.HI/c1-5-21(6-2)13-14-23-17-12-10-9-11-16(17)15-20-18(19)22(7-3)8-4;/h9-12H,5-8,13-15H2,1-4H3,(H2,19,20);1H. The third-order valence-electron chi connectivity index (χ3n) is 4.03. The van der Waals surface area contributed by atoms with E-state index in [0.29, 0.717) is 19.1 Å². The lowest BCUT2D eigenvalue weighted by molar-refractivity contribution is 0.221. The Hall–Kier alpha value is -1.02. The molecule has 0 aromatic heterocycles. The Labute approximate surface area is 164 Å². The predicted molar refractivity (Wildman–Crippen MR) is 113 cm³/mol. The normalized spacial score (nSPS) is 11.3. The van der Waals surface area contributed by atoms with Gasteiger partial charge < -0.3 is 20.3 Å². The van der Waals surface area contributed by atoms with E-state index in [4.69, 9.17) is 10.5 Å². The van der Waals surface area contributed by atoms with Crippen LogP contribution < -0.4 is 10.5 Å². The second kappa shape index (κ2) is 13.3. The number of ether oxygens (including phenoxy) is 1. The molecule has 0 amide bonds. The van der Waals surface area contributed by atoms with Crippen LogP contribution in [0.15, 0.2) is 29.3 Å². The first-order valence-corrected chi connectivity index (χ1v) is 8.64. The van der Waals surface area contributed by atoms with Crippen LogP contribution in [0.5, 0.6) is 5.75 Å². The van der Waals surface area contributed by atoms with Gasteiger partial charge in [-0.1, -0.05) is 32.0 Å². The lowest BCUT2D eigenvalue weighted by Gasteiger charge is -2.20. The van der Waals surface area contributed by atoms with E-state index in [1.807, 2.05) is 29.2 Å². The lowest BCUT2D eigenvalue weighted by atomic mass is 10.2. The Bertz CT molecular complexity index is 474. The Morgan fingerprint density at radius 2 is 1.67 bits per heavy atom. The first kappa shape index (κ1) is 23.0. The fraction of sp³-hybridized carbons (Fsp3) is 0.611. The van der Waals surface area contributed by atoms with E-state index in [1.54, 1.807) is 0 Å². The molecule has 0 atom stereocenters. The summed E-state index contributed by atoms with van der Waals surface area (Å²) in [7, 11) is 0. The number of benzene rings is 1. The van der Waals surface area contributed by atoms with Crippen LogP contribution in [0, 0.1) is 0 Å². The number of rotatable bonds is 10. The van der Waals surface area contributed by atoms with Gasteiger partial charge in [0.2, 0.25) is 0 Å². The Morgan fingerprint density at radius 1 is 1.04 bits per heavy atom. The highest BCUT2D eigenvalue weighted by molar-refractivity contribution is 14.0. The van der Waals surface area contributed by atoms with Crippen LogP contribution in [-0.2, 0) is 6.54 Å². The third kappa shape index (κ3) is 7.70. The van der Waals surface area contributed by atoms with E-state index in [1.165, 1.54) is 0 Å². The van der Waals surface area contributed by atoms with Gasteiger partial charge in [-0.3, -0.25) is 0 Å². The van der Waals surface area contributed by atoms with Crippen LogP contribution in [0.4, 0.5) is 0 Å². The van der Waals surface area contributed by atoms with Crippen molar-refractivity contribution in [2.45, 2.75) is 34.2 Å². The predicted octanol–water partition coefficient (Wildman–Crippen LogP) is 3.18. The summed E-state index contributed by atoms with van der Waals surface area (Å²) in [6.45, 7) is 14.5. The summed E-state index contributed by atoms with van der Waals surface area (Å²) in [5.41, 5.74) is 7.11. The molecule has 1 aromatic carbocycles. The number of nitrogens with zero attached hydrogens (tertiary/aromatic N) is 3. The minimum Gasteiger partial charge on any atom is -0.492 e. The largest absolute Gasteiger partial charge is 0.492 e. The Balaban J connectivity index is 0.00000529. The van der Waals surface area contributed by atoms with Gasteiger partial charge in [-0.05, 0) is 33.0 Å². The molecule has 0 saturated heterocycles. The second-order valence-electron chi connectivity index (χ2n) is 5.33. The van der Waals surface area contributed by atoms with Crippen molar-refractivity contribution in [1.82, 2.24) is 9.80 Å². The molecule has 0 aliphatic heterocycles. The van der Waals surface area contributed by atoms with E-state index < -0.39 is 0 Å². The van der Waals surface area contributed by atoms with Gasteiger partial charge in [0.25, 0.3) is 0 Å². The molecule has 138 valence electrons. The average Bonchev–Trinajstić information content (AvgIpc) is 2.59. The van der Waals surface area contributed by atoms with Crippen molar-refractivity contribution in [3.8, 4) is 5.75 Å². The number of aliphatic imine (C=N–C) groups is 1. The maximum atomic E-state index is 6.04. The molecule has 2 N–H and O–H groups in total. The van der Waals surface area contributed by atoms with Crippen LogP contribution in [0.1, 0.15) is 33.3 Å². The number of nitrogens with two attached hydrogens (primary N) is 1. The van der Waals surface area contributed by atoms with Gasteiger partial charge in [-0.2, -0.15) is 0 Å². The van der Waals surface area contributed by atoms with Crippen LogP contribution in [0.3, 0.4) is 0 Å². The third-order valence-corrected chi connectivity index (χ3v) is 4.03. The van der Waals surface area contributed by atoms with Crippen molar-refractivity contribution in [2.75, 3.05) is 39.3 Å². The van der Waals surface area contributed by atoms with Gasteiger partial charge in [0.05, 0.1) is 6.54 Å². The van der Waals surface area contributed by atoms with E-state index in [0.717, 1.165) is 44.0 Å². The van der Waals surface area contributed by atoms with Crippen LogP contribution >= 0.6 is 24.0 Å². The molecule has 0 aliphatic carbocycles. The summed E-state index contributed by atoms with van der Waals surface area (Å²) in [6, 6.07) is 8.05. The van der Waals surface area contributed by atoms with Crippen molar-refractivity contribution < 1.29 is 4.74 Å². The quantitative estimate of drug-likeness (QED) is 0.340. The smallest absolute Gasteiger partial charge is 0.191 e. The second-order valence-corrected chi connectivity index (χ2v) is 5.33. The topological polar surface area (TPSA) is 54.1 Å². The Kier molecular flexibility index (Phi) is 12.7. The SMILES string of the molecule is CCN(CC)CCOc1ccccc1CN=C(N)N(CC)CC.I. The molecule has 0 spiro atoms. The van der Waals surface area contributed by atoms with E-state index in [-0.39, 0.29) is 24.0 Å². The molecule has 5 nitrogen and oxygen atoms in total. The van der Waals surface area contributed by atoms with E-state index in [2.05, 4.69) is 37.6 Å². The maximum Gasteiger partial charge on any atom is 0.191 e. The number of hydrogen-bond acceptors (Lipinski definition) is 3. The summed E-state index contributed by atoms with van der Waals surface area (Å²) < 4.78 is 5.95. The number of guanidine groups is 1. The first-order chi connectivity index (χ1) is 11.2. The zero-order chi connectivity index (χ0) is 17.1. The fourth-order valence-electron chi connectivity index (χ4n) is 2.41. The van der Waals surface area contributed by atoms with Crippen molar-refractivity contribution in [3.63, 3.8) is 0 Å². The molecule has 0 heterocycles. The van der Waals surface area contributed by atoms with Crippen LogP contribution in [-0.4, -0.2) is 55.1 Å². The molecule has 0 bridgehead atoms. The average molecular weight is 448 g/mol. The molecule has 1 rings (SSSR count). The molecule has 24 heavy (non-hydrogen) atoms. The molecule has 0 saturated carbocycles. The van der Waals surface area contributed by atoms with Crippen molar-refractivity contribution >= 4 is 29.9 Å². The van der Waals surface area contributed by atoms with Gasteiger partial charge in [0.1, 0.15) is 12.4 Å². The van der Waals surface area contributed by atoms with Crippen LogP contribution in [0.25, 0.3) is 0 Å². The molecule has 0 aliphatic rings. The van der Waals surface area contributed by atoms with Crippen LogP contribution in [0.2, 0.25) is 0 Å². The van der Waals surface area contributed by atoms with Gasteiger partial charge in [0.15, 0.2) is 5.96 Å². The number of para-hydroxylation sites is 1. The summed E-state index contributed by atoms with van der Waals surface area (Å²) in [4.78, 5) is 8.89. The number of hydrogen-bond donors (Lipinski definition) is 1. The van der Waals surface area contributed by atoms with E-state index in [9.17, 15) is 0 Å². The molecular formula is C18H33IN4O. The summed E-state index contributed by atoms with van der Waals surface area (Å²) in [6.07, 6.45) is 0. The van der Waals surface area contributed by atoms with Crippen molar-refractivity contribution in [2.24, 2.45) is 10.7 Å². The highest BCUT2D eigenvalue weighted by Gasteiger charge is 2.06. The number of halogens is 1. The van der Waals surface area contributed by atoms with Crippen molar-refractivity contribution in [1.29, 1.82) is 0 Å². The van der Waals surface area contributed by atoms with Gasteiger partial charge >= 0.3 is 0 Å². The van der Waals surface area contributed by atoms with Gasteiger partial charge in [-0.15, -0.1) is 24.0 Å². The lowest BCUT2D eigenvalue weighted by Crippen LogP contribution is -2.37. The summed E-state index contributed by atoms with van der Waals surface area (Å²) >= 11 is 0. The van der Waals surface area contributed by atoms with Crippen molar-refractivity contribution in [3.05, 3.63) is 29.8 Å². The van der Waals surface area contributed by atoms with Gasteiger partial charge in [0, 0.05) is 25.2 Å². The fourth-order valence-corrected chi connectivity index (χ4v) is 2.41. The van der Waals surface area contributed by atoms with Gasteiger partial charge in [-0.25, -0.2) is 4.99 Å². The summed E-state index contributed by atoms with van der Waals surface area (Å²) in [5.74, 6) is 1.49. The summed E-state index contributed by atoms with van der Waals surface area (Å²) in [5, 5.41) is 0. The molecule has 0 radical (unpaired) electrons.